The molecule has 0 atom stereocenters. The number of carbonyl (C=O) groups is 1. The molecule has 0 aliphatic heterocycles. The number of rotatable bonds is 4. The first-order valence-electron chi connectivity index (χ1n) is 6.16. The number of anilines is 1. The maximum atomic E-state index is 10.7. The van der Waals surface area contributed by atoms with Gasteiger partial charge in [-0.05, 0) is 52.9 Å². The Hall–Kier alpha value is -0.830. The van der Waals surface area contributed by atoms with E-state index in [1.165, 1.54) is 31.4 Å². The van der Waals surface area contributed by atoms with Gasteiger partial charge in [-0.15, -0.1) is 0 Å². The van der Waals surface area contributed by atoms with Crippen molar-refractivity contribution >= 4 is 27.9 Å². The summed E-state index contributed by atoms with van der Waals surface area (Å²) in [6.07, 6.45) is 6.36. The van der Waals surface area contributed by atoms with Crippen LogP contribution in [-0.4, -0.2) is 19.9 Å². The van der Waals surface area contributed by atoms with Crippen LogP contribution < -0.4 is 4.90 Å². The summed E-state index contributed by atoms with van der Waals surface area (Å²) < 4.78 is 0.878. The van der Waals surface area contributed by atoms with Crippen LogP contribution in [0.2, 0.25) is 0 Å². The van der Waals surface area contributed by atoms with E-state index in [-0.39, 0.29) is 0 Å². The van der Waals surface area contributed by atoms with Gasteiger partial charge >= 0.3 is 0 Å². The van der Waals surface area contributed by atoms with Gasteiger partial charge in [-0.25, -0.2) is 0 Å². The van der Waals surface area contributed by atoms with Crippen LogP contribution >= 0.6 is 15.9 Å². The van der Waals surface area contributed by atoms with Crippen LogP contribution in [0.3, 0.4) is 0 Å². The summed E-state index contributed by atoms with van der Waals surface area (Å²) in [5.41, 5.74) is 1.89. The van der Waals surface area contributed by atoms with Gasteiger partial charge in [0.15, 0.2) is 6.29 Å². The van der Waals surface area contributed by atoms with E-state index in [4.69, 9.17) is 0 Å². The highest BCUT2D eigenvalue weighted by Gasteiger charge is 2.17. The molecule has 92 valence electrons. The van der Waals surface area contributed by atoms with Crippen molar-refractivity contribution in [3.8, 4) is 0 Å². The van der Waals surface area contributed by atoms with E-state index in [9.17, 15) is 4.79 Å². The smallest absolute Gasteiger partial charge is 0.151 e. The van der Waals surface area contributed by atoms with Crippen molar-refractivity contribution in [2.75, 3.05) is 18.5 Å². The summed E-state index contributed by atoms with van der Waals surface area (Å²) >= 11 is 3.43. The highest BCUT2D eigenvalue weighted by molar-refractivity contribution is 9.10. The highest BCUT2D eigenvalue weighted by atomic mass is 79.9. The number of aldehydes is 1. The fourth-order valence-electron chi connectivity index (χ4n) is 2.53. The SMILES string of the molecule is CN(CC1CCCC1)c1ccc(C=O)c(Br)c1. The molecule has 0 bridgehead atoms. The molecule has 1 aliphatic carbocycles. The van der Waals surface area contributed by atoms with Gasteiger partial charge in [-0.3, -0.25) is 4.79 Å². The lowest BCUT2D eigenvalue weighted by molar-refractivity contribution is 0.112. The minimum absolute atomic E-state index is 0.711. The van der Waals surface area contributed by atoms with Gasteiger partial charge in [0, 0.05) is 29.3 Å². The van der Waals surface area contributed by atoms with Crippen molar-refractivity contribution in [1.29, 1.82) is 0 Å². The number of nitrogens with zero attached hydrogens (tertiary/aromatic N) is 1. The molecule has 0 saturated heterocycles. The molecule has 0 N–H and O–H groups in total. The maximum Gasteiger partial charge on any atom is 0.151 e. The third-order valence-corrected chi connectivity index (χ3v) is 4.25. The molecule has 0 aromatic heterocycles. The first-order valence-corrected chi connectivity index (χ1v) is 6.96. The molecule has 1 fully saturated rings. The minimum Gasteiger partial charge on any atom is -0.374 e. The fourth-order valence-corrected chi connectivity index (χ4v) is 2.99. The first-order chi connectivity index (χ1) is 8.20. The normalized spacial score (nSPS) is 16.1. The molecule has 0 heterocycles. The molecule has 2 rings (SSSR count). The lowest BCUT2D eigenvalue weighted by Crippen LogP contribution is -2.23. The van der Waals surface area contributed by atoms with Crippen molar-refractivity contribution < 1.29 is 4.79 Å². The summed E-state index contributed by atoms with van der Waals surface area (Å²) in [5, 5.41) is 0. The van der Waals surface area contributed by atoms with Crippen molar-refractivity contribution in [2.24, 2.45) is 5.92 Å². The van der Waals surface area contributed by atoms with Crippen LogP contribution in [0, 0.1) is 5.92 Å². The molecular weight excluding hydrogens is 278 g/mol. The Bertz CT molecular complexity index is 399. The van der Waals surface area contributed by atoms with Crippen LogP contribution in [0.25, 0.3) is 0 Å². The fraction of sp³-hybridized carbons (Fsp3) is 0.500. The van der Waals surface area contributed by atoms with Gasteiger partial charge in [0.05, 0.1) is 0 Å². The molecule has 0 spiro atoms. The minimum atomic E-state index is 0.711. The van der Waals surface area contributed by atoms with E-state index in [1.54, 1.807) is 0 Å². The molecule has 2 nitrogen and oxygen atoms in total. The lowest BCUT2D eigenvalue weighted by Gasteiger charge is -2.23. The van der Waals surface area contributed by atoms with Gasteiger partial charge in [0.2, 0.25) is 0 Å². The van der Waals surface area contributed by atoms with Crippen LogP contribution in [0.5, 0.6) is 0 Å². The second-order valence-electron chi connectivity index (χ2n) is 4.85. The van der Waals surface area contributed by atoms with Gasteiger partial charge in [0.25, 0.3) is 0 Å². The summed E-state index contributed by atoms with van der Waals surface area (Å²) in [6.45, 7) is 1.12. The van der Waals surface area contributed by atoms with Crippen LogP contribution in [0.4, 0.5) is 5.69 Å². The van der Waals surface area contributed by atoms with Crippen molar-refractivity contribution in [3.05, 3.63) is 28.2 Å². The Morgan fingerprint density at radius 3 is 2.71 bits per heavy atom. The zero-order valence-corrected chi connectivity index (χ0v) is 11.7. The third kappa shape index (κ3) is 3.09. The number of hydrogen-bond acceptors (Lipinski definition) is 2. The van der Waals surface area contributed by atoms with Gasteiger partial charge < -0.3 is 4.90 Å². The van der Waals surface area contributed by atoms with Gasteiger partial charge in [-0.2, -0.15) is 0 Å². The largest absolute Gasteiger partial charge is 0.374 e. The standard InChI is InChI=1S/C14H18BrNO/c1-16(9-11-4-2-3-5-11)13-7-6-12(10-17)14(15)8-13/h6-8,10-11H,2-5,9H2,1H3. The maximum absolute atomic E-state index is 10.7. The Kier molecular flexibility index (Phi) is 4.21. The highest BCUT2D eigenvalue weighted by Crippen LogP contribution is 2.28. The van der Waals surface area contributed by atoms with E-state index in [2.05, 4.69) is 27.9 Å². The van der Waals surface area contributed by atoms with Gasteiger partial charge in [-0.1, -0.05) is 12.8 Å². The summed E-state index contributed by atoms with van der Waals surface area (Å²) in [6, 6.07) is 5.92. The van der Waals surface area contributed by atoms with Crippen molar-refractivity contribution in [1.82, 2.24) is 0 Å². The molecule has 17 heavy (non-hydrogen) atoms. The second kappa shape index (κ2) is 5.67. The van der Waals surface area contributed by atoms with E-state index in [1.807, 2.05) is 18.2 Å². The summed E-state index contributed by atoms with van der Waals surface area (Å²) in [4.78, 5) is 13.0. The molecule has 1 saturated carbocycles. The molecule has 1 aliphatic rings. The zero-order chi connectivity index (χ0) is 12.3. The molecule has 1 aromatic carbocycles. The molecule has 3 heteroatoms. The van der Waals surface area contributed by atoms with E-state index < -0.39 is 0 Å². The van der Waals surface area contributed by atoms with E-state index in [0.717, 1.165) is 23.2 Å². The Labute approximate surface area is 111 Å². The average Bonchev–Trinajstić information content (AvgIpc) is 2.81. The third-order valence-electron chi connectivity index (χ3n) is 3.56. The molecule has 0 radical (unpaired) electrons. The number of carbonyl (C=O) groups excluding carboxylic acids is 1. The number of hydrogen-bond donors (Lipinski definition) is 0. The Morgan fingerprint density at radius 2 is 2.12 bits per heavy atom. The molecule has 0 unspecified atom stereocenters. The van der Waals surface area contributed by atoms with Crippen LogP contribution in [0.15, 0.2) is 22.7 Å². The topological polar surface area (TPSA) is 20.3 Å². The molecule has 0 amide bonds. The zero-order valence-electron chi connectivity index (χ0n) is 10.2. The van der Waals surface area contributed by atoms with Crippen LogP contribution in [0.1, 0.15) is 36.0 Å². The predicted molar refractivity (Wildman–Crippen MR) is 74.8 cm³/mol. The summed E-state index contributed by atoms with van der Waals surface area (Å²) in [7, 11) is 2.13. The predicted octanol–water partition coefficient (Wildman–Crippen LogP) is 3.89. The van der Waals surface area contributed by atoms with E-state index >= 15 is 0 Å². The number of halogens is 1. The number of benzene rings is 1. The second-order valence-corrected chi connectivity index (χ2v) is 5.71. The summed E-state index contributed by atoms with van der Waals surface area (Å²) in [5.74, 6) is 0.838. The lowest BCUT2D eigenvalue weighted by atomic mass is 10.1. The monoisotopic (exact) mass is 295 g/mol. The Balaban J connectivity index is 2.05. The first kappa shape index (κ1) is 12.6. The van der Waals surface area contributed by atoms with Crippen molar-refractivity contribution in [2.45, 2.75) is 25.7 Å². The van der Waals surface area contributed by atoms with E-state index in [0.29, 0.717) is 5.56 Å². The molecule has 1 aromatic rings. The quantitative estimate of drug-likeness (QED) is 0.786. The molecular formula is C14H18BrNO. The van der Waals surface area contributed by atoms with Gasteiger partial charge in [0.1, 0.15) is 0 Å². The average molecular weight is 296 g/mol. The Morgan fingerprint density at radius 1 is 1.41 bits per heavy atom. The van der Waals surface area contributed by atoms with Crippen molar-refractivity contribution in [3.63, 3.8) is 0 Å². The van der Waals surface area contributed by atoms with Crippen LogP contribution in [-0.2, 0) is 0 Å².